The average molecular weight is 250 g/mol. The molecule has 16 heavy (non-hydrogen) atoms. The van der Waals surface area contributed by atoms with Crippen LogP contribution in [0.15, 0.2) is 4.42 Å². The highest BCUT2D eigenvalue weighted by Crippen LogP contribution is 2.12. The van der Waals surface area contributed by atoms with Crippen LogP contribution in [0.2, 0.25) is 0 Å². The number of hydrogen-bond donors (Lipinski definition) is 0. The van der Waals surface area contributed by atoms with Crippen LogP contribution in [0, 0.1) is 0 Å². The molecule has 0 fully saturated rings. The third kappa shape index (κ3) is 3.96. The summed E-state index contributed by atoms with van der Waals surface area (Å²) in [6.07, 6.45) is 0. The molecule has 0 amide bonds. The Morgan fingerprint density at radius 1 is 1.19 bits per heavy atom. The number of anilines is 1. The van der Waals surface area contributed by atoms with Crippen LogP contribution in [0.3, 0.4) is 0 Å². The Labute approximate surface area is 99.5 Å². The highest BCUT2D eigenvalue weighted by Gasteiger charge is 2.13. The van der Waals surface area contributed by atoms with E-state index in [-0.39, 0.29) is 5.88 Å². The maximum Gasteiger partial charge on any atom is 0.318 e. The van der Waals surface area contributed by atoms with Gasteiger partial charge in [0.05, 0.1) is 13.2 Å². The van der Waals surface area contributed by atoms with E-state index in [0.717, 1.165) is 0 Å². The summed E-state index contributed by atoms with van der Waals surface area (Å²) >= 11 is 5.59. The molecule has 0 aromatic carbocycles. The number of alkyl halides is 1. The largest absolute Gasteiger partial charge is 0.407 e. The van der Waals surface area contributed by atoms with Crippen molar-refractivity contribution in [1.82, 2.24) is 10.2 Å². The van der Waals surface area contributed by atoms with Crippen molar-refractivity contribution < 1.29 is 13.9 Å². The number of nitrogens with zero attached hydrogens (tertiary/aromatic N) is 3. The van der Waals surface area contributed by atoms with E-state index in [9.17, 15) is 0 Å². The van der Waals surface area contributed by atoms with Gasteiger partial charge in [-0.1, -0.05) is 5.10 Å². The molecule has 0 radical (unpaired) electrons. The van der Waals surface area contributed by atoms with Gasteiger partial charge in [-0.25, -0.2) is 0 Å². The van der Waals surface area contributed by atoms with Crippen molar-refractivity contribution in [3.8, 4) is 0 Å². The molecule has 0 saturated heterocycles. The number of methoxy groups -OCH3 is 2. The van der Waals surface area contributed by atoms with Crippen molar-refractivity contribution >= 4 is 17.6 Å². The number of halogens is 1. The summed E-state index contributed by atoms with van der Waals surface area (Å²) in [5.74, 6) is 0.631. The van der Waals surface area contributed by atoms with Gasteiger partial charge in [-0.15, -0.1) is 16.7 Å². The van der Waals surface area contributed by atoms with Gasteiger partial charge in [0.2, 0.25) is 5.89 Å². The van der Waals surface area contributed by atoms with Crippen LogP contribution in [0.1, 0.15) is 5.89 Å². The molecule has 0 bridgehead atoms. The van der Waals surface area contributed by atoms with Gasteiger partial charge in [0.1, 0.15) is 5.88 Å². The molecule has 6 nitrogen and oxygen atoms in total. The molecule has 0 aliphatic heterocycles. The molecule has 0 saturated carbocycles. The molecule has 1 aromatic heterocycles. The lowest BCUT2D eigenvalue weighted by Gasteiger charge is -2.18. The van der Waals surface area contributed by atoms with Gasteiger partial charge in [-0.05, 0) is 0 Å². The Kier molecular flexibility index (Phi) is 6.14. The normalized spacial score (nSPS) is 10.7. The summed E-state index contributed by atoms with van der Waals surface area (Å²) in [5.41, 5.74) is 0. The second-order valence-electron chi connectivity index (χ2n) is 3.08. The predicted molar refractivity (Wildman–Crippen MR) is 59.8 cm³/mol. The van der Waals surface area contributed by atoms with Gasteiger partial charge in [0.15, 0.2) is 0 Å². The van der Waals surface area contributed by atoms with Gasteiger partial charge < -0.3 is 18.8 Å². The molecule has 0 N–H and O–H groups in total. The second-order valence-corrected chi connectivity index (χ2v) is 3.35. The third-order valence-corrected chi connectivity index (χ3v) is 2.20. The molecular weight excluding hydrogens is 234 g/mol. The minimum Gasteiger partial charge on any atom is -0.407 e. The molecule has 0 atom stereocenters. The quantitative estimate of drug-likeness (QED) is 0.638. The zero-order valence-electron chi connectivity index (χ0n) is 9.48. The summed E-state index contributed by atoms with van der Waals surface area (Å²) in [6, 6.07) is 0.449. The Hall–Kier alpha value is -0.850. The third-order valence-electron chi connectivity index (χ3n) is 1.97. The van der Waals surface area contributed by atoms with Crippen molar-refractivity contribution in [2.24, 2.45) is 0 Å². The Bertz CT molecular complexity index is 287. The van der Waals surface area contributed by atoms with Gasteiger partial charge in [0.25, 0.3) is 0 Å². The molecule has 0 aliphatic carbocycles. The Morgan fingerprint density at radius 3 is 2.25 bits per heavy atom. The lowest BCUT2D eigenvalue weighted by atomic mass is 10.5. The minimum atomic E-state index is 0.218. The number of aromatic nitrogens is 2. The number of ether oxygens (including phenoxy) is 2. The second kappa shape index (κ2) is 7.43. The molecule has 1 aromatic rings. The van der Waals surface area contributed by atoms with Crippen molar-refractivity contribution in [2.75, 3.05) is 45.4 Å². The topological polar surface area (TPSA) is 60.6 Å². The van der Waals surface area contributed by atoms with Crippen LogP contribution in [0.25, 0.3) is 0 Å². The van der Waals surface area contributed by atoms with Crippen LogP contribution in [0.4, 0.5) is 6.01 Å². The van der Waals surface area contributed by atoms with Crippen molar-refractivity contribution in [3.05, 3.63) is 5.89 Å². The van der Waals surface area contributed by atoms with Crippen molar-refractivity contribution in [1.29, 1.82) is 0 Å². The van der Waals surface area contributed by atoms with Crippen molar-refractivity contribution in [2.45, 2.75) is 5.88 Å². The van der Waals surface area contributed by atoms with Gasteiger partial charge in [-0.3, -0.25) is 0 Å². The van der Waals surface area contributed by atoms with Crippen LogP contribution in [0.5, 0.6) is 0 Å². The predicted octanol–water partition coefficient (Wildman–Crippen LogP) is 0.908. The standard InChI is InChI=1S/C9H16ClN3O3/c1-14-5-3-13(4-6-15-2)9-12-11-8(7-10)16-9/h3-7H2,1-2H3. The summed E-state index contributed by atoms with van der Waals surface area (Å²) in [6.45, 7) is 2.51. The van der Waals surface area contributed by atoms with Crippen LogP contribution in [-0.4, -0.2) is 50.7 Å². The molecule has 0 aliphatic rings. The van der Waals surface area contributed by atoms with E-state index in [1.165, 1.54) is 0 Å². The monoisotopic (exact) mass is 249 g/mol. The zero-order valence-corrected chi connectivity index (χ0v) is 10.2. The molecule has 0 unspecified atom stereocenters. The van der Waals surface area contributed by atoms with Crippen LogP contribution >= 0.6 is 11.6 Å². The maximum absolute atomic E-state index is 5.59. The highest BCUT2D eigenvalue weighted by molar-refractivity contribution is 6.16. The van der Waals surface area contributed by atoms with Gasteiger partial charge in [0, 0.05) is 27.3 Å². The smallest absolute Gasteiger partial charge is 0.318 e. The zero-order chi connectivity index (χ0) is 11.8. The van der Waals surface area contributed by atoms with E-state index < -0.39 is 0 Å². The summed E-state index contributed by atoms with van der Waals surface area (Å²) in [7, 11) is 3.29. The van der Waals surface area contributed by atoms with E-state index >= 15 is 0 Å². The molecular formula is C9H16ClN3O3. The molecule has 0 spiro atoms. The van der Waals surface area contributed by atoms with E-state index in [0.29, 0.717) is 38.2 Å². The minimum absolute atomic E-state index is 0.218. The fraction of sp³-hybridized carbons (Fsp3) is 0.778. The van der Waals surface area contributed by atoms with E-state index in [1.54, 1.807) is 14.2 Å². The summed E-state index contributed by atoms with van der Waals surface area (Å²) in [5, 5.41) is 7.71. The van der Waals surface area contributed by atoms with E-state index in [4.69, 9.17) is 25.5 Å². The number of rotatable bonds is 8. The number of hydrogen-bond acceptors (Lipinski definition) is 6. The van der Waals surface area contributed by atoms with Crippen LogP contribution in [-0.2, 0) is 15.4 Å². The van der Waals surface area contributed by atoms with Gasteiger partial charge >= 0.3 is 6.01 Å². The van der Waals surface area contributed by atoms with Crippen molar-refractivity contribution in [3.63, 3.8) is 0 Å². The highest BCUT2D eigenvalue weighted by atomic mass is 35.5. The SMILES string of the molecule is COCCN(CCOC)c1nnc(CCl)o1. The molecule has 1 heterocycles. The average Bonchev–Trinajstić information content (AvgIpc) is 2.78. The summed E-state index contributed by atoms with van der Waals surface area (Å²) < 4.78 is 15.4. The lowest BCUT2D eigenvalue weighted by molar-refractivity contribution is 0.188. The fourth-order valence-corrected chi connectivity index (χ4v) is 1.24. The summed E-state index contributed by atoms with van der Waals surface area (Å²) in [4.78, 5) is 1.90. The first kappa shape index (κ1) is 13.2. The Balaban J connectivity index is 2.58. The molecule has 1 rings (SSSR count). The Morgan fingerprint density at radius 2 is 1.81 bits per heavy atom. The van der Waals surface area contributed by atoms with E-state index in [1.807, 2.05) is 4.90 Å². The molecule has 92 valence electrons. The first-order valence-corrected chi connectivity index (χ1v) is 5.46. The van der Waals surface area contributed by atoms with E-state index in [2.05, 4.69) is 10.2 Å². The first-order chi connectivity index (χ1) is 7.81. The lowest BCUT2D eigenvalue weighted by Crippen LogP contribution is -2.30. The maximum atomic E-state index is 5.59. The fourth-order valence-electron chi connectivity index (χ4n) is 1.13. The molecule has 7 heteroatoms. The van der Waals surface area contributed by atoms with Gasteiger partial charge in [-0.2, -0.15) is 0 Å². The first-order valence-electron chi connectivity index (χ1n) is 4.93. The van der Waals surface area contributed by atoms with Crippen LogP contribution < -0.4 is 4.90 Å².